The van der Waals surface area contributed by atoms with Crippen molar-refractivity contribution in [1.29, 1.82) is 0 Å². The van der Waals surface area contributed by atoms with Crippen LogP contribution >= 0.6 is 0 Å². The highest BCUT2D eigenvalue weighted by Crippen LogP contribution is 2.39. The SMILES string of the molecule is CC(C)(NC(=O)NCc1ccccc1CC(=O)O)C1CC1. The van der Waals surface area contributed by atoms with Gasteiger partial charge in [0.2, 0.25) is 0 Å². The number of urea groups is 1. The van der Waals surface area contributed by atoms with E-state index in [2.05, 4.69) is 10.6 Å². The predicted octanol–water partition coefficient (Wildman–Crippen LogP) is 2.30. The molecule has 2 amide bonds. The van der Waals surface area contributed by atoms with Crippen molar-refractivity contribution in [2.75, 3.05) is 0 Å². The summed E-state index contributed by atoms with van der Waals surface area (Å²) in [7, 11) is 0. The molecule has 0 spiro atoms. The van der Waals surface area contributed by atoms with E-state index >= 15 is 0 Å². The Morgan fingerprint density at radius 2 is 1.86 bits per heavy atom. The fraction of sp³-hybridized carbons (Fsp3) is 0.500. The van der Waals surface area contributed by atoms with E-state index in [-0.39, 0.29) is 18.0 Å². The van der Waals surface area contributed by atoms with Crippen molar-refractivity contribution in [3.05, 3.63) is 35.4 Å². The molecule has 0 atom stereocenters. The summed E-state index contributed by atoms with van der Waals surface area (Å²) in [5, 5.41) is 14.7. The largest absolute Gasteiger partial charge is 0.481 e. The lowest BCUT2D eigenvalue weighted by atomic mass is 9.99. The fourth-order valence-corrected chi connectivity index (χ4v) is 2.48. The second kappa shape index (κ2) is 6.16. The number of carboxylic acids is 1. The number of amides is 2. The van der Waals surface area contributed by atoms with E-state index in [9.17, 15) is 9.59 Å². The van der Waals surface area contributed by atoms with Gasteiger partial charge in [-0.15, -0.1) is 0 Å². The summed E-state index contributed by atoms with van der Waals surface area (Å²) < 4.78 is 0. The molecule has 1 fully saturated rings. The van der Waals surface area contributed by atoms with Gasteiger partial charge in [-0.3, -0.25) is 4.79 Å². The molecule has 0 radical (unpaired) electrons. The van der Waals surface area contributed by atoms with Crippen molar-refractivity contribution in [2.45, 2.75) is 45.2 Å². The summed E-state index contributed by atoms with van der Waals surface area (Å²) in [4.78, 5) is 22.8. The highest BCUT2D eigenvalue weighted by molar-refractivity contribution is 5.75. The van der Waals surface area contributed by atoms with Gasteiger partial charge in [0.25, 0.3) is 0 Å². The third-order valence-electron chi connectivity index (χ3n) is 3.93. The van der Waals surface area contributed by atoms with E-state index in [1.165, 1.54) is 0 Å². The molecule has 21 heavy (non-hydrogen) atoms. The van der Waals surface area contributed by atoms with Gasteiger partial charge in [0, 0.05) is 12.1 Å². The van der Waals surface area contributed by atoms with Crippen LogP contribution in [0.3, 0.4) is 0 Å². The second-order valence-electron chi connectivity index (χ2n) is 6.14. The smallest absolute Gasteiger partial charge is 0.315 e. The number of hydrogen-bond acceptors (Lipinski definition) is 2. The molecule has 114 valence electrons. The third kappa shape index (κ3) is 4.48. The molecule has 0 aromatic heterocycles. The number of hydrogen-bond donors (Lipinski definition) is 3. The van der Waals surface area contributed by atoms with E-state index in [1.807, 2.05) is 26.0 Å². The molecule has 0 saturated heterocycles. The monoisotopic (exact) mass is 290 g/mol. The minimum atomic E-state index is -0.873. The van der Waals surface area contributed by atoms with E-state index < -0.39 is 5.97 Å². The van der Waals surface area contributed by atoms with Gasteiger partial charge in [-0.25, -0.2) is 4.79 Å². The zero-order chi connectivity index (χ0) is 15.5. The molecule has 5 nitrogen and oxygen atoms in total. The number of aliphatic carboxylic acids is 1. The molecule has 5 heteroatoms. The number of rotatable bonds is 6. The third-order valence-corrected chi connectivity index (χ3v) is 3.93. The number of carbonyl (C=O) groups excluding carboxylic acids is 1. The molecule has 2 rings (SSSR count). The van der Waals surface area contributed by atoms with Gasteiger partial charge >= 0.3 is 12.0 Å². The normalized spacial score (nSPS) is 14.6. The van der Waals surface area contributed by atoms with Crippen LogP contribution in [-0.2, 0) is 17.8 Å². The molecule has 0 aliphatic heterocycles. The maximum atomic E-state index is 12.0. The fourth-order valence-electron chi connectivity index (χ4n) is 2.48. The number of benzene rings is 1. The number of carboxylic acid groups (broad SMARTS) is 1. The van der Waals surface area contributed by atoms with Crippen LogP contribution in [-0.4, -0.2) is 22.6 Å². The van der Waals surface area contributed by atoms with E-state index in [1.54, 1.807) is 12.1 Å². The molecule has 1 aromatic rings. The summed E-state index contributed by atoms with van der Waals surface area (Å²) in [5.41, 5.74) is 1.37. The lowest BCUT2D eigenvalue weighted by Crippen LogP contribution is -2.49. The van der Waals surface area contributed by atoms with Gasteiger partial charge < -0.3 is 15.7 Å². The first-order valence-electron chi connectivity index (χ1n) is 7.23. The molecular weight excluding hydrogens is 268 g/mol. The molecule has 0 unspecified atom stereocenters. The molecule has 3 N–H and O–H groups in total. The van der Waals surface area contributed by atoms with Crippen LogP contribution in [0.2, 0.25) is 0 Å². The Morgan fingerprint density at radius 3 is 2.43 bits per heavy atom. The van der Waals surface area contributed by atoms with Crippen LogP contribution < -0.4 is 10.6 Å². The van der Waals surface area contributed by atoms with Gasteiger partial charge in [0.05, 0.1) is 6.42 Å². The van der Waals surface area contributed by atoms with Crippen molar-refractivity contribution in [1.82, 2.24) is 10.6 Å². The number of nitrogens with one attached hydrogen (secondary N) is 2. The molecule has 1 aliphatic rings. The maximum Gasteiger partial charge on any atom is 0.315 e. The molecule has 1 aromatic carbocycles. The van der Waals surface area contributed by atoms with Crippen molar-refractivity contribution >= 4 is 12.0 Å². The summed E-state index contributed by atoms with van der Waals surface area (Å²) in [5.74, 6) is -0.315. The first-order chi connectivity index (χ1) is 9.88. The first kappa shape index (κ1) is 15.4. The summed E-state index contributed by atoms with van der Waals surface area (Å²) >= 11 is 0. The Morgan fingerprint density at radius 1 is 1.24 bits per heavy atom. The zero-order valence-electron chi connectivity index (χ0n) is 12.5. The van der Waals surface area contributed by atoms with Crippen molar-refractivity contribution in [3.63, 3.8) is 0 Å². The van der Waals surface area contributed by atoms with Crippen molar-refractivity contribution < 1.29 is 14.7 Å². The van der Waals surface area contributed by atoms with Crippen LogP contribution in [0.15, 0.2) is 24.3 Å². The van der Waals surface area contributed by atoms with E-state index in [0.717, 1.165) is 24.0 Å². The lowest BCUT2D eigenvalue weighted by Gasteiger charge is -2.26. The summed E-state index contributed by atoms with van der Waals surface area (Å²) in [6.45, 7) is 4.39. The minimum Gasteiger partial charge on any atom is -0.481 e. The topological polar surface area (TPSA) is 78.4 Å². The summed E-state index contributed by atoms with van der Waals surface area (Å²) in [6, 6.07) is 7.05. The van der Waals surface area contributed by atoms with Crippen LogP contribution in [0.4, 0.5) is 4.79 Å². The Balaban J connectivity index is 1.90. The first-order valence-corrected chi connectivity index (χ1v) is 7.23. The van der Waals surface area contributed by atoms with Crippen LogP contribution in [0.25, 0.3) is 0 Å². The highest BCUT2D eigenvalue weighted by Gasteiger charge is 2.38. The van der Waals surface area contributed by atoms with Crippen molar-refractivity contribution in [3.8, 4) is 0 Å². The Hall–Kier alpha value is -2.04. The molecule has 0 bridgehead atoms. The average Bonchev–Trinajstić information content (AvgIpc) is 3.21. The van der Waals surface area contributed by atoms with Gasteiger partial charge in [0.1, 0.15) is 0 Å². The molecule has 0 heterocycles. The maximum absolute atomic E-state index is 12.0. The summed E-state index contributed by atoms with van der Waals surface area (Å²) in [6.07, 6.45) is 2.29. The average molecular weight is 290 g/mol. The molecular formula is C16H22N2O3. The minimum absolute atomic E-state index is 0.0347. The van der Waals surface area contributed by atoms with Gasteiger partial charge in [0.15, 0.2) is 0 Å². The van der Waals surface area contributed by atoms with Crippen molar-refractivity contribution in [2.24, 2.45) is 5.92 Å². The second-order valence-corrected chi connectivity index (χ2v) is 6.14. The lowest BCUT2D eigenvalue weighted by molar-refractivity contribution is -0.136. The zero-order valence-corrected chi connectivity index (χ0v) is 12.5. The van der Waals surface area contributed by atoms with Gasteiger partial charge in [-0.05, 0) is 43.7 Å². The van der Waals surface area contributed by atoms with Gasteiger partial charge in [-0.2, -0.15) is 0 Å². The standard InChI is InChI=1S/C16H22N2O3/c1-16(2,13-7-8-13)18-15(21)17-10-12-6-4-3-5-11(12)9-14(19)20/h3-6,13H,7-10H2,1-2H3,(H,19,20)(H2,17,18,21). The van der Waals surface area contributed by atoms with Crippen LogP contribution in [0.1, 0.15) is 37.8 Å². The predicted molar refractivity (Wildman–Crippen MR) is 80.0 cm³/mol. The highest BCUT2D eigenvalue weighted by atomic mass is 16.4. The Labute approximate surface area is 124 Å². The van der Waals surface area contributed by atoms with Crippen LogP contribution in [0, 0.1) is 5.92 Å². The van der Waals surface area contributed by atoms with E-state index in [0.29, 0.717) is 12.5 Å². The Bertz CT molecular complexity index is 536. The molecule has 1 aliphatic carbocycles. The quantitative estimate of drug-likeness (QED) is 0.752. The Kier molecular flexibility index (Phi) is 4.50. The molecule has 1 saturated carbocycles. The van der Waals surface area contributed by atoms with Gasteiger partial charge in [-0.1, -0.05) is 24.3 Å². The van der Waals surface area contributed by atoms with E-state index in [4.69, 9.17) is 5.11 Å². The number of carbonyl (C=O) groups is 2. The van der Waals surface area contributed by atoms with Crippen LogP contribution in [0.5, 0.6) is 0 Å².